The molecule has 1 unspecified atom stereocenters. The number of nitrogens with zero attached hydrogens (tertiary/aromatic N) is 2. The van der Waals surface area contributed by atoms with Crippen LogP contribution in [-0.2, 0) is 16.4 Å². The Morgan fingerprint density at radius 1 is 1.67 bits per heavy atom. The van der Waals surface area contributed by atoms with Crippen molar-refractivity contribution in [3.05, 3.63) is 17.5 Å². The van der Waals surface area contributed by atoms with Crippen LogP contribution in [0, 0.1) is 0 Å². The molecule has 100 valence electrons. The van der Waals surface area contributed by atoms with Gasteiger partial charge in [0.25, 0.3) is 0 Å². The highest BCUT2D eigenvalue weighted by atomic mass is 32.2. The van der Waals surface area contributed by atoms with E-state index in [1.165, 1.54) is 6.07 Å². The molecule has 1 atom stereocenters. The van der Waals surface area contributed by atoms with Gasteiger partial charge in [0.05, 0.1) is 18.1 Å². The molecule has 2 heterocycles. The summed E-state index contributed by atoms with van der Waals surface area (Å²) in [5.41, 5.74) is -0.141. The molecule has 1 N–H and O–H groups in total. The number of aromatic carboxylic acids is 1. The van der Waals surface area contributed by atoms with Crippen LogP contribution in [0.3, 0.4) is 0 Å². The fourth-order valence-corrected chi connectivity index (χ4v) is 3.79. The van der Waals surface area contributed by atoms with Crippen LogP contribution in [0.1, 0.15) is 22.7 Å². The Kier molecular flexibility index (Phi) is 3.40. The summed E-state index contributed by atoms with van der Waals surface area (Å²) in [4.78, 5) is 12.5. The fraction of sp³-hybridized carbons (Fsp3) is 0.600. The van der Waals surface area contributed by atoms with Gasteiger partial charge in [-0.1, -0.05) is 5.16 Å². The molecular formula is C10H14N2O5S. The summed E-state index contributed by atoms with van der Waals surface area (Å²) in [6.07, 6.45) is 0.596. The Morgan fingerprint density at radius 2 is 2.39 bits per heavy atom. The third-order valence-electron chi connectivity index (χ3n) is 3.02. The lowest BCUT2D eigenvalue weighted by Crippen LogP contribution is -2.31. The molecule has 1 aliphatic heterocycles. The van der Waals surface area contributed by atoms with E-state index in [-0.39, 0.29) is 23.2 Å². The van der Waals surface area contributed by atoms with Gasteiger partial charge in [-0.3, -0.25) is 4.90 Å². The van der Waals surface area contributed by atoms with Crippen molar-refractivity contribution in [2.24, 2.45) is 0 Å². The highest BCUT2D eigenvalue weighted by molar-refractivity contribution is 7.91. The zero-order valence-corrected chi connectivity index (χ0v) is 10.7. The lowest BCUT2D eigenvalue weighted by Gasteiger charge is -2.21. The number of carbonyl (C=O) groups is 1. The molecule has 1 fully saturated rings. The molecular weight excluding hydrogens is 260 g/mol. The normalized spacial score (nSPS) is 22.4. The van der Waals surface area contributed by atoms with Gasteiger partial charge in [0, 0.05) is 12.1 Å². The van der Waals surface area contributed by atoms with Gasteiger partial charge in [-0.05, 0) is 13.5 Å². The van der Waals surface area contributed by atoms with Crippen LogP contribution >= 0.6 is 0 Å². The third-order valence-corrected chi connectivity index (χ3v) is 4.77. The third kappa shape index (κ3) is 2.88. The Hall–Kier alpha value is -1.41. The van der Waals surface area contributed by atoms with Crippen molar-refractivity contribution < 1.29 is 22.8 Å². The SMILES string of the molecule is CN(Cc1cc(C(=O)O)no1)C1CCS(=O)(=O)C1. The molecule has 7 nitrogen and oxygen atoms in total. The summed E-state index contributed by atoms with van der Waals surface area (Å²) in [6, 6.07) is 1.30. The summed E-state index contributed by atoms with van der Waals surface area (Å²) in [5.74, 6) is -0.377. The number of sulfone groups is 1. The lowest BCUT2D eigenvalue weighted by molar-refractivity contribution is 0.0685. The second-order valence-electron chi connectivity index (χ2n) is 4.46. The zero-order chi connectivity index (χ0) is 13.3. The maximum Gasteiger partial charge on any atom is 0.358 e. The molecule has 0 radical (unpaired) electrons. The van der Waals surface area contributed by atoms with Crippen molar-refractivity contribution in [2.75, 3.05) is 18.6 Å². The van der Waals surface area contributed by atoms with Gasteiger partial charge in [0.15, 0.2) is 21.3 Å². The number of carboxylic acids is 1. The van der Waals surface area contributed by atoms with Gasteiger partial charge in [0.1, 0.15) is 0 Å². The summed E-state index contributed by atoms with van der Waals surface area (Å²) in [6.45, 7) is 0.348. The van der Waals surface area contributed by atoms with Crippen LogP contribution in [0.5, 0.6) is 0 Å². The lowest BCUT2D eigenvalue weighted by atomic mass is 10.2. The molecule has 0 bridgehead atoms. The largest absolute Gasteiger partial charge is 0.476 e. The predicted molar refractivity (Wildman–Crippen MR) is 62.0 cm³/mol. The number of aromatic nitrogens is 1. The van der Waals surface area contributed by atoms with Gasteiger partial charge in [-0.2, -0.15) is 0 Å². The van der Waals surface area contributed by atoms with E-state index in [4.69, 9.17) is 9.63 Å². The molecule has 2 rings (SSSR count). The molecule has 0 spiro atoms. The van der Waals surface area contributed by atoms with Crippen molar-refractivity contribution in [1.29, 1.82) is 0 Å². The number of hydrogen-bond acceptors (Lipinski definition) is 6. The topological polar surface area (TPSA) is 101 Å². The smallest absolute Gasteiger partial charge is 0.358 e. The molecule has 1 saturated heterocycles. The minimum Gasteiger partial charge on any atom is -0.476 e. The van der Waals surface area contributed by atoms with Crippen molar-refractivity contribution in [1.82, 2.24) is 10.1 Å². The number of hydrogen-bond donors (Lipinski definition) is 1. The molecule has 0 aliphatic carbocycles. The first-order chi connectivity index (χ1) is 8.37. The maximum absolute atomic E-state index is 11.4. The average Bonchev–Trinajstić information content (AvgIpc) is 2.84. The molecule has 1 aromatic heterocycles. The first kappa shape index (κ1) is 13.0. The van der Waals surface area contributed by atoms with Crippen LogP contribution in [0.25, 0.3) is 0 Å². The maximum atomic E-state index is 11.4. The van der Waals surface area contributed by atoms with E-state index < -0.39 is 15.8 Å². The minimum absolute atomic E-state index is 0.0478. The number of rotatable bonds is 4. The average molecular weight is 274 g/mol. The van der Waals surface area contributed by atoms with E-state index in [0.29, 0.717) is 18.7 Å². The standard InChI is InChI=1S/C10H14N2O5S/c1-12(7-2-3-18(15,16)6-7)5-8-4-9(10(13)14)11-17-8/h4,7H,2-3,5-6H2,1H3,(H,13,14). The Labute approximate surface area is 104 Å². The second kappa shape index (κ2) is 4.69. The van der Waals surface area contributed by atoms with Crippen LogP contribution < -0.4 is 0 Å². The van der Waals surface area contributed by atoms with Gasteiger partial charge in [0.2, 0.25) is 0 Å². The van der Waals surface area contributed by atoms with Crippen molar-refractivity contribution in [3.63, 3.8) is 0 Å². The molecule has 1 aromatic rings. The van der Waals surface area contributed by atoms with Crippen LogP contribution in [0.2, 0.25) is 0 Å². The molecule has 0 aromatic carbocycles. The predicted octanol–water partition coefficient (Wildman–Crippen LogP) is -0.00830. The van der Waals surface area contributed by atoms with E-state index in [2.05, 4.69) is 5.16 Å². The number of carboxylic acid groups (broad SMARTS) is 1. The summed E-state index contributed by atoms with van der Waals surface area (Å²) >= 11 is 0. The minimum atomic E-state index is -2.92. The fourth-order valence-electron chi connectivity index (χ4n) is 1.99. The van der Waals surface area contributed by atoms with Crippen molar-refractivity contribution in [3.8, 4) is 0 Å². The Balaban J connectivity index is 1.99. The highest BCUT2D eigenvalue weighted by Crippen LogP contribution is 2.18. The van der Waals surface area contributed by atoms with Crippen LogP contribution in [0.4, 0.5) is 0 Å². The van der Waals surface area contributed by atoms with Crippen LogP contribution in [0.15, 0.2) is 10.6 Å². The van der Waals surface area contributed by atoms with Gasteiger partial charge in [-0.25, -0.2) is 13.2 Å². The Bertz CT molecular complexity index is 550. The quantitative estimate of drug-likeness (QED) is 0.824. The molecule has 0 saturated carbocycles. The van der Waals surface area contributed by atoms with E-state index in [1.807, 2.05) is 4.90 Å². The van der Waals surface area contributed by atoms with E-state index in [1.54, 1.807) is 7.05 Å². The van der Waals surface area contributed by atoms with Crippen molar-refractivity contribution >= 4 is 15.8 Å². The van der Waals surface area contributed by atoms with E-state index in [0.717, 1.165) is 0 Å². The molecule has 18 heavy (non-hydrogen) atoms. The van der Waals surface area contributed by atoms with Gasteiger partial charge < -0.3 is 9.63 Å². The van der Waals surface area contributed by atoms with Gasteiger partial charge in [-0.15, -0.1) is 0 Å². The molecule has 0 amide bonds. The summed E-state index contributed by atoms with van der Waals surface area (Å²) in [5, 5.41) is 12.1. The molecule has 1 aliphatic rings. The molecule has 8 heteroatoms. The van der Waals surface area contributed by atoms with Gasteiger partial charge >= 0.3 is 5.97 Å². The summed E-state index contributed by atoms with van der Waals surface area (Å²) in [7, 11) is -1.14. The van der Waals surface area contributed by atoms with E-state index >= 15 is 0 Å². The zero-order valence-electron chi connectivity index (χ0n) is 9.87. The first-order valence-corrected chi connectivity index (χ1v) is 7.29. The second-order valence-corrected chi connectivity index (χ2v) is 6.68. The first-order valence-electron chi connectivity index (χ1n) is 5.47. The van der Waals surface area contributed by atoms with Crippen LogP contribution in [-0.4, -0.2) is 54.1 Å². The summed E-state index contributed by atoms with van der Waals surface area (Å²) < 4.78 is 27.6. The monoisotopic (exact) mass is 274 g/mol. The van der Waals surface area contributed by atoms with E-state index in [9.17, 15) is 13.2 Å². The highest BCUT2D eigenvalue weighted by Gasteiger charge is 2.31. The van der Waals surface area contributed by atoms with Crippen molar-refractivity contribution in [2.45, 2.75) is 19.0 Å². The Morgan fingerprint density at radius 3 is 2.89 bits per heavy atom.